The molecule has 0 aliphatic heterocycles. The standard InChI is InChI=1S/C13H24/c1-2-6-11-8-5-9-12-7-3-4-10-13(11)12/h11-13H,2-10H2,1H3/t11-,12-,13+/m0/s1. The third-order valence-corrected chi connectivity index (χ3v) is 4.38. The first kappa shape index (κ1) is 9.55. The van der Waals surface area contributed by atoms with Crippen LogP contribution in [0.3, 0.4) is 0 Å². The average molecular weight is 180 g/mol. The smallest absolute Gasteiger partial charge is 0.0357 e. The van der Waals surface area contributed by atoms with Gasteiger partial charge in [-0.05, 0) is 24.2 Å². The largest absolute Gasteiger partial charge is 0.0654 e. The van der Waals surface area contributed by atoms with Gasteiger partial charge in [0.1, 0.15) is 0 Å². The second-order valence-corrected chi connectivity index (χ2v) is 5.19. The van der Waals surface area contributed by atoms with Gasteiger partial charge >= 0.3 is 0 Å². The van der Waals surface area contributed by atoms with Crippen LogP contribution in [0.4, 0.5) is 0 Å². The van der Waals surface area contributed by atoms with Crippen LogP contribution in [0.2, 0.25) is 0 Å². The summed E-state index contributed by atoms with van der Waals surface area (Å²) in [6.45, 7) is 2.35. The number of rotatable bonds is 2. The van der Waals surface area contributed by atoms with Crippen LogP contribution < -0.4 is 0 Å². The molecule has 0 radical (unpaired) electrons. The summed E-state index contributed by atoms with van der Waals surface area (Å²) in [6, 6.07) is 0. The molecule has 76 valence electrons. The van der Waals surface area contributed by atoms with Crippen molar-refractivity contribution in [2.45, 2.75) is 64.7 Å². The Morgan fingerprint density at radius 2 is 1.69 bits per heavy atom. The van der Waals surface area contributed by atoms with E-state index in [2.05, 4.69) is 6.92 Å². The molecule has 2 aliphatic carbocycles. The highest BCUT2D eigenvalue weighted by atomic mass is 14.4. The van der Waals surface area contributed by atoms with Gasteiger partial charge in [0, 0.05) is 0 Å². The van der Waals surface area contributed by atoms with Gasteiger partial charge in [-0.3, -0.25) is 0 Å². The average Bonchev–Trinajstić information content (AvgIpc) is 2.19. The molecule has 3 atom stereocenters. The molecule has 0 bridgehead atoms. The van der Waals surface area contributed by atoms with Crippen molar-refractivity contribution < 1.29 is 0 Å². The van der Waals surface area contributed by atoms with Crippen LogP contribution in [0.15, 0.2) is 0 Å². The lowest BCUT2D eigenvalue weighted by Crippen LogP contribution is -2.30. The molecule has 0 N–H and O–H groups in total. The van der Waals surface area contributed by atoms with E-state index in [1.165, 1.54) is 32.1 Å². The fraction of sp³-hybridized carbons (Fsp3) is 1.00. The zero-order valence-corrected chi connectivity index (χ0v) is 9.10. The molecular weight excluding hydrogens is 156 g/mol. The van der Waals surface area contributed by atoms with Crippen LogP contribution in [0.5, 0.6) is 0 Å². The minimum absolute atomic E-state index is 1.11. The molecule has 2 aliphatic rings. The fourth-order valence-corrected chi connectivity index (χ4v) is 3.80. The van der Waals surface area contributed by atoms with Gasteiger partial charge in [0.25, 0.3) is 0 Å². The van der Waals surface area contributed by atoms with Crippen molar-refractivity contribution in [3.63, 3.8) is 0 Å². The van der Waals surface area contributed by atoms with Crippen molar-refractivity contribution >= 4 is 0 Å². The normalized spacial score (nSPS) is 39.9. The maximum atomic E-state index is 2.35. The molecule has 2 saturated carbocycles. The van der Waals surface area contributed by atoms with Crippen LogP contribution in [0, 0.1) is 17.8 Å². The summed E-state index contributed by atoms with van der Waals surface area (Å²) in [6.07, 6.45) is 13.8. The van der Waals surface area contributed by atoms with E-state index in [0.29, 0.717) is 0 Å². The van der Waals surface area contributed by atoms with Gasteiger partial charge in [0.05, 0.1) is 0 Å². The highest BCUT2D eigenvalue weighted by Gasteiger charge is 2.33. The van der Waals surface area contributed by atoms with Gasteiger partial charge in [0.15, 0.2) is 0 Å². The zero-order chi connectivity index (χ0) is 9.10. The summed E-state index contributed by atoms with van der Waals surface area (Å²) in [5.41, 5.74) is 0. The summed E-state index contributed by atoms with van der Waals surface area (Å²) < 4.78 is 0. The van der Waals surface area contributed by atoms with E-state index >= 15 is 0 Å². The molecule has 0 heteroatoms. The quantitative estimate of drug-likeness (QED) is 0.591. The van der Waals surface area contributed by atoms with E-state index < -0.39 is 0 Å². The van der Waals surface area contributed by atoms with E-state index in [1.54, 1.807) is 25.7 Å². The number of fused-ring (bicyclic) bond motifs is 1. The van der Waals surface area contributed by atoms with Gasteiger partial charge in [-0.1, -0.05) is 58.3 Å². The number of hydrogen-bond donors (Lipinski definition) is 0. The Bertz CT molecular complexity index is 146. The fourth-order valence-electron chi connectivity index (χ4n) is 3.80. The summed E-state index contributed by atoms with van der Waals surface area (Å²) >= 11 is 0. The minimum atomic E-state index is 1.11. The van der Waals surface area contributed by atoms with Gasteiger partial charge < -0.3 is 0 Å². The second-order valence-electron chi connectivity index (χ2n) is 5.19. The topological polar surface area (TPSA) is 0 Å². The lowest BCUT2D eigenvalue weighted by Gasteiger charge is -2.41. The van der Waals surface area contributed by atoms with Gasteiger partial charge in [-0.25, -0.2) is 0 Å². The first-order valence-corrected chi connectivity index (χ1v) is 6.42. The molecule has 2 rings (SSSR count). The van der Waals surface area contributed by atoms with Crippen molar-refractivity contribution in [1.82, 2.24) is 0 Å². The molecule has 0 aromatic carbocycles. The summed E-state index contributed by atoms with van der Waals surface area (Å²) in [7, 11) is 0. The molecule has 13 heavy (non-hydrogen) atoms. The summed E-state index contributed by atoms with van der Waals surface area (Å²) in [5, 5.41) is 0. The lowest BCUT2D eigenvalue weighted by molar-refractivity contribution is 0.0975. The number of hydrogen-bond acceptors (Lipinski definition) is 0. The minimum Gasteiger partial charge on any atom is -0.0654 e. The van der Waals surface area contributed by atoms with Crippen molar-refractivity contribution in [3.8, 4) is 0 Å². The maximum absolute atomic E-state index is 2.35. The van der Waals surface area contributed by atoms with Crippen molar-refractivity contribution in [2.24, 2.45) is 17.8 Å². The van der Waals surface area contributed by atoms with Crippen LogP contribution in [-0.4, -0.2) is 0 Å². The molecule has 0 nitrogen and oxygen atoms in total. The molecular formula is C13H24. The Hall–Kier alpha value is 0. The second kappa shape index (κ2) is 4.48. The highest BCUT2D eigenvalue weighted by molar-refractivity contribution is 4.84. The Kier molecular flexibility index (Phi) is 3.29. The first-order chi connectivity index (χ1) is 6.42. The summed E-state index contributed by atoms with van der Waals surface area (Å²) in [4.78, 5) is 0. The molecule has 0 saturated heterocycles. The molecule has 0 unspecified atom stereocenters. The monoisotopic (exact) mass is 180 g/mol. The Balaban J connectivity index is 1.94. The van der Waals surface area contributed by atoms with Crippen molar-refractivity contribution in [1.29, 1.82) is 0 Å². The van der Waals surface area contributed by atoms with Crippen LogP contribution in [0.25, 0.3) is 0 Å². The van der Waals surface area contributed by atoms with Gasteiger partial charge in [-0.15, -0.1) is 0 Å². The Morgan fingerprint density at radius 3 is 2.54 bits per heavy atom. The predicted octanol–water partition coefficient (Wildman–Crippen LogP) is 4.39. The molecule has 0 heterocycles. The lowest BCUT2D eigenvalue weighted by atomic mass is 9.64. The molecule has 0 spiro atoms. The van der Waals surface area contributed by atoms with Crippen LogP contribution >= 0.6 is 0 Å². The third kappa shape index (κ3) is 2.08. The van der Waals surface area contributed by atoms with E-state index in [9.17, 15) is 0 Å². The molecule has 0 aromatic heterocycles. The third-order valence-electron chi connectivity index (χ3n) is 4.38. The maximum Gasteiger partial charge on any atom is -0.0357 e. The first-order valence-electron chi connectivity index (χ1n) is 6.42. The summed E-state index contributed by atoms with van der Waals surface area (Å²) in [5.74, 6) is 3.39. The van der Waals surface area contributed by atoms with E-state index in [0.717, 1.165) is 17.8 Å². The van der Waals surface area contributed by atoms with Crippen molar-refractivity contribution in [2.75, 3.05) is 0 Å². The van der Waals surface area contributed by atoms with Gasteiger partial charge in [0.2, 0.25) is 0 Å². The van der Waals surface area contributed by atoms with Crippen LogP contribution in [0.1, 0.15) is 64.7 Å². The molecule has 0 amide bonds. The van der Waals surface area contributed by atoms with E-state index in [1.807, 2.05) is 0 Å². The highest BCUT2D eigenvalue weighted by Crippen LogP contribution is 2.45. The van der Waals surface area contributed by atoms with Crippen molar-refractivity contribution in [3.05, 3.63) is 0 Å². The van der Waals surface area contributed by atoms with E-state index in [-0.39, 0.29) is 0 Å². The van der Waals surface area contributed by atoms with E-state index in [4.69, 9.17) is 0 Å². The molecule has 0 aromatic rings. The SMILES string of the molecule is CCC[C@H]1CCC[C@@H]2CCCC[C@@H]21. The Morgan fingerprint density at radius 1 is 0.923 bits per heavy atom. The molecule has 2 fully saturated rings. The van der Waals surface area contributed by atoms with Crippen LogP contribution in [-0.2, 0) is 0 Å². The van der Waals surface area contributed by atoms with Gasteiger partial charge in [-0.2, -0.15) is 0 Å². The predicted molar refractivity (Wildman–Crippen MR) is 57.7 cm³/mol. The Labute approximate surface area is 83.1 Å². The zero-order valence-electron chi connectivity index (χ0n) is 9.10.